The van der Waals surface area contributed by atoms with E-state index in [0.29, 0.717) is 5.75 Å². The first-order chi connectivity index (χ1) is 7.56. The van der Waals surface area contributed by atoms with Gasteiger partial charge in [-0.25, -0.2) is 8.42 Å². The number of rotatable bonds is 6. The van der Waals surface area contributed by atoms with Crippen molar-refractivity contribution in [2.45, 2.75) is 12.2 Å². The summed E-state index contributed by atoms with van der Waals surface area (Å²) in [5.74, 6) is 0.679. The number of hydrogen-bond acceptors (Lipinski definition) is 4. The van der Waals surface area contributed by atoms with Gasteiger partial charge in [0.1, 0.15) is 12.4 Å². The molecule has 0 aliphatic rings. The predicted octanol–water partition coefficient (Wildman–Crippen LogP) is 0.827. The van der Waals surface area contributed by atoms with E-state index in [2.05, 4.69) is 0 Å². The summed E-state index contributed by atoms with van der Waals surface area (Å²) in [6.07, 6.45) is 0. The van der Waals surface area contributed by atoms with Gasteiger partial charge in [-0.1, -0.05) is 18.2 Å². The van der Waals surface area contributed by atoms with Crippen LogP contribution in [0.3, 0.4) is 0 Å². The van der Waals surface area contributed by atoms with Crippen molar-refractivity contribution in [1.82, 2.24) is 0 Å². The summed E-state index contributed by atoms with van der Waals surface area (Å²) in [6, 6.07) is 9.14. The molecule has 0 bridgehead atoms. The van der Waals surface area contributed by atoms with Gasteiger partial charge < -0.3 is 10.5 Å². The highest BCUT2D eigenvalue weighted by atomic mass is 32.2. The lowest BCUT2D eigenvalue weighted by Gasteiger charge is -2.11. The quantitative estimate of drug-likeness (QED) is 0.803. The molecule has 0 saturated carbocycles. The summed E-state index contributed by atoms with van der Waals surface area (Å²) in [4.78, 5) is 0. The highest BCUT2D eigenvalue weighted by Gasteiger charge is 2.18. The fourth-order valence-electron chi connectivity index (χ4n) is 1.14. The van der Waals surface area contributed by atoms with Crippen LogP contribution in [-0.4, -0.2) is 32.6 Å². The second-order valence-electron chi connectivity index (χ2n) is 3.57. The molecule has 1 atom stereocenters. The fourth-order valence-corrected chi connectivity index (χ4v) is 2.15. The van der Waals surface area contributed by atoms with E-state index in [-0.39, 0.29) is 18.9 Å². The number of para-hydroxylation sites is 1. The number of hydrogen-bond donors (Lipinski definition) is 1. The second-order valence-corrected chi connectivity index (χ2v) is 6.11. The Bertz CT molecular complexity index is 402. The van der Waals surface area contributed by atoms with E-state index >= 15 is 0 Å². The van der Waals surface area contributed by atoms with Crippen molar-refractivity contribution >= 4 is 9.84 Å². The van der Waals surface area contributed by atoms with Gasteiger partial charge in [0.25, 0.3) is 0 Å². The van der Waals surface area contributed by atoms with Crippen LogP contribution in [0, 0.1) is 0 Å². The summed E-state index contributed by atoms with van der Waals surface area (Å²) < 4.78 is 28.5. The standard InChI is InChI=1S/C11H17NO3S/c1-10(9-12)16(13,14)8-7-15-11-5-3-2-4-6-11/h2-6,10H,7-9,12H2,1H3. The highest BCUT2D eigenvalue weighted by Crippen LogP contribution is 2.09. The molecule has 0 amide bonds. The van der Waals surface area contributed by atoms with Gasteiger partial charge in [0.2, 0.25) is 0 Å². The Hall–Kier alpha value is -1.07. The third kappa shape index (κ3) is 3.83. The molecule has 1 unspecified atom stereocenters. The van der Waals surface area contributed by atoms with E-state index in [0.717, 1.165) is 0 Å². The molecule has 0 saturated heterocycles. The second kappa shape index (κ2) is 5.86. The van der Waals surface area contributed by atoms with Crippen molar-refractivity contribution in [3.8, 4) is 5.75 Å². The van der Waals surface area contributed by atoms with E-state index in [1.165, 1.54) is 0 Å². The van der Waals surface area contributed by atoms with Crippen LogP contribution in [0.15, 0.2) is 30.3 Å². The smallest absolute Gasteiger partial charge is 0.157 e. The van der Waals surface area contributed by atoms with Crippen LogP contribution in [-0.2, 0) is 9.84 Å². The SMILES string of the molecule is CC(CN)S(=O)(=O)CCOc1ccccc1. The summed E-state index contributed by atoms with van der Waals surface area (Å²) in [5.41, 5.74) is 5.32. The van der Waals surface area contributed by atoms with Crippen molar-refractivity contribution in [3.63, 3.8) is 0 Å². The van der Waals surface area contributed by atoms with Gasteiger partial charge in [-0.2, -0.15) is 0 Å². The van der Waals surface area contributed by atoms with Gasteiger partial charge in [0.15, 0.2) is 9.84 Å². The van der Waals surface area contributed by atoms with E-state index in [1.54, 1.807) is 19.1 Å². The van der Waals surface area contributed by atoms with Crippen LogP contribution >= 0.6 is 0 Å². The maximum Gasteiger partial charge on any atom is 0.157 e. The van der Waals surface area contributed by atoms with Crippen molar-refractivity contribution in [3.05, 3.63) is 30.3 Å². The molecule has 0 heterocycles. The Kier molecular flexibility index (Phi) is 4.76. The molecule has 16 heavy (non-hydrogen) atoms. The topological polar surface area (TPSA) is 69.4 Å². The average Bonchev–Trinajstić information content (AvgIpc) is 2.29. The lowest BCUT2D eigenvalue weighted by atomic mass is 10.3. The molecular weight excluding hydrogens is 226 g/mol. The van der Waals surface area contributed by atoms with Crippen LogP contribution in [0.25, 0.3) is 0 Å². The van der Waals surface area contributed by atoms with Crippen molar-refractivity contribution in [2.75, 3.05) is 18.9 Å². The Morgan fingerprint density at radius 2 is 1.94 bits per heavy atom. The summed E-state index contributed by atoms with van der Waals surface area (Å²) in [6.45, 7) is 1.92. The normalized spacial score (nSPS) is 13.4. The van der Waals surface area contributed by atoms with Gasteiger partial charge in [-0.15, -0.1) is 0 Å². The molecule has 0 aliphatic carbocycles. The van der Waals surface area contributed by atoms with Gasteiger partial charge in [0.05, 0.1) is 11.0 Å². The number of ether oxygens (including phenoxy) is 1. The fraction of sp³-hybridized carbons (Fsp3) is 0.455. The molecule has 0 aromatic heterocycles. The first-order valence-electron chi connectivity index (χ1n) is 5.16. The van der Waals surface area contributed by atoms with Crippen LogP contribution < -0.4 is 10.5 Å². The molecule has 90 valence electrons. The Morgan fingerprint density at radius 1 is 1.31 bits per heavy atom. The summed E-state index contributed by atoms with van der Waals surface area (Å²) >= 11 is 0. The minimum atomic E-state index is -3.13. The number of sulfone groups is 1. The first kappa shape index (κ1) is 13.0. The third-order valence-electron chi connectivity index (χ3n) is 2.32. The monoisotopic (exact) mass is 243 g/mol. The highest BCUT2D eigenvalue weighted by molar-refractivity contribution is 7.92. The zero-order valence-corrected chi connectivity index (χ0v) is 10.1. The van der Waals surface area contributed by atoms with Crippen molar-refractivity contribution in [1.29, 1.82) is 0 Å². The number of benzene rings is 1. The maximum atomic E-state index is 11.6. The van der Waals surface area contributed by atoms with Crippen LogP contribution in [0.1, 0.15) is 6.92 Å². The van der Waals surface area contributed by atoms with E-state index in [9.17, 15) is 8.42 Å². The maximum absolute atomic E-state index is 11.6. The van der Waals surface area contributed by atoms with E-state index < -0.39 is 15.1 Å². The van der Waals surface area contributed by atoms with Gasteiger partial charge >= 0.3 is 0 Å². The Labute approximate surface area is 96.3 Å². The number of nitrogens with two attached hydrogens (primary N) is 1. The van der Waals surface area contributed by atoms with Gasteiger partial charge in [-0.3, -0.25) is 0 Å². The van der Waals surface area contributed by atoms with Gasteiger partial charge in [-0.05, 0) is 19.1 Å². The molecule has 1 aromatic carbocycles. The minimum absolute atomic E-state index is 0.000259. The lowest BCUT2D eigenvalue weighted by molar-refractivity contribution is 0.340. The van der Waals surface area contributed by atoms with E-state index in [1.807, 2.05) is 18.2 Å². The molecule has 0 aliphatic heterocycles. The summed E-state index contributed by atoms with van der Waals surface area (Å²) in [7, 11) is -3.13. The predicted molar refractivity (Wildman–Crippen MR) is 64.2 cm³/mol. The van der Waals surface area contributed by atoms with Crippen LogP contribution in [0.4, 0.5) is 0 Å². The van der Waals surface area contributed by atoms with Gasteiger partial charge in [0, 0.05) is 6.54 Å². The van der Waals surface area contributed by atoms with Crippen LogP contribution in [0.2, 0.25) is 0 Å². The Morgan fingerprint density at radius 3 is 2.50 bits per heavy atom. The van der Waals surface area contributed by atoms with Crippen LogP contribution in [0.5, 0.6) is 5.75 Å². The zero-order valence-electron chi connectivity index (χ0n) is 9.30. The summed E-state index contributed by atoms with van der Waals surface area (Å²) in [5, 5.41) is -0.508. The van der Waals surface area contributed by atoms with E-state index in [4.69, 9.17) is 10.5 Å². The van der Waals surface area contributed by atoms with Crippen molar-refractivity contribution in [2.24, 2.45) is 5.73 Å². The average molecular weight is 243 g/mol. The molecule has 4 nitrogen and oxygen atoms in total. The molecule has 0 fully saturated rings. The molecule has 2 N–H and O–H groups in total. The minimum Gasteiger partial charge on any atom is -0.493 e. The molecule has 1 rings (SSSR count). The third-order valence-corrected chi connectivity index (χ3v) is 4.48. The lowest BCUT2D eigenvalue weighted by Crippen LogP contribution is -2.30. The largest absolute Gasteiger partial charge is 0.493 e. The molecule has 0 spiro atoms. The van der Waals surface area contributed by atoms with Crippen molar-refractivity contribution < 1.29 is 13.2 Å². The molecule has 0 radical (unpaired) electrons. The molecular formula is C11H17NO3S. The first-order valence-corrected chi connectivity index (χ1v) is 6.87. The Balaban J connectivity index is 2.42. The molecule has 5 heteroatoms. The zero-order chi connectivity index (χ0) is 12.0. The molecule has 1 aromatic rings.